The molecule has 0 aliphatic heterocycles. The third-order valence-corrected chi connectivity index (χ3v) is 9.26. The van der Waals surface area contributed by atoms with Crippen molar-refractivity contribution in [3.05, 3.63) is 133 Å². The SMILES string of the molecule is CP(C)(=O)c1cccc(-c2ccc(-c3cc4nc5cc(-c6ccccc6)ccc5cc4c4ccccc34)cc2)c1. The zero-order valence-electron chi connectivity index (χ0n) is 22.5. The van der Waals surface area contributed by atoms with Crippen molar-refractivity contribution in [2.24, 2.45) is 0 Å². The molecular formula is C37H28NOP. The van der Waals surface area contributed by atoms with Crippen molar-refractivity contribution in [1.82, 2.24) is 4.98 Å². The summed E-state index contributed by atoms with van der Waals surface area (Å²) in [5.41, 5.74) is 8.86. The normalized spacial score (nSPS) is 11.8. The molecule has 0 atom stereocenters. The van der Waals surface area contributed by atoms with Gasteiger partial charge in [0, 0.05) is 16.1 Å². The molecule has 7 aromatic rings. The molecule has 0 spiro atoms. The molecule has 2 nitrogen and oxygen atoms in total. The summed E-state index contributed by atoms with van der Waals surface area (Å²) in [6.07, 6.45) is 0. The van der Waals surface area contributed by atoms with E-state index in [0.717, 1.165) is 43.8 Å². The predicted molar refractivity (Wildman–Crippen MR) is 172 cm³/mol. The lowest BCUT2D eigenvalue weighted by Crippen LogP contribution is -2.02. The summed E-state index contributed by atoms with van der Waals surface area (Å²) < 4.78 is 12.6. The molecule has 0 aliphatic carbocycles. The number of pyridine rings is 1. The fraction of sp³-hybridized carbons (Fsp3) is 0.0541. The van der Waals surface area contributed by atoms with Crippen molar-refractivity contribution in [2.45, 2.75) is 0 Å². The molecule has 7 rings (SSSR count). The zero-order valence-corrected chi connectivity index (χ0v) is 23.4. The molecule has 192 valence electrons. The summed E-state index contributed by atoms with van der Waals surface area (Å²) in [4.78, 5) is 5.17. The molecule has 0 N–H and O–H groups in total. The van der Waals surface area contributed by atoms with Gasteiger partial charge in [-0.3, -0.25) is 0 Å². The Morgan fingerprint density at radius 3 is 1.88 bits per heavy atom. The van der Waals surface area contributed by atoms with Crippen molar-refractivity contribution < 1.29 is 4.57 Å². The van der Waals surface area contributed by atoms with Gasteiger partial charge in [0.2, 0.25) is 0 Å². The molecule has 0 amide bonds. The van der Waals surface area contributed by atoms with Crippen LogP contribution in [0.3, 0.4) is 0 Å². The maximum Gasteiger partial charge on any atom is 0.109 e. The Hall–Kier alpha value is -4.52. The predicted octanol–water partition coefficient (Wildman–Crippen LogP) is 9.79. The van der Waals surface area contributed by atoms with E-state index in [9.17, 15) is 4.57 Å². The first-order chi connectivity index (χ1) is 19.4. The van der Waals surface area contributed by atoms with Gasteiger partial charge in [-0.05, 0) is 81.7 Å². The maximum atomic E-state index is 12.6. The van der Waals surface area contributed by atoms with E-state index in [-0.39, 0.29) is 0 Å². The van der Waals surface area contributed by atoms with Crippen molar-refractivity contribution >= 4 is 45.0 Å². The number of rotatable bonds is 4. The summed E-state index contributed by atoms with van der Waals surface area (Å²) in [5.74, 6) is 0. The van der Waals surface area contributed by atoms with Crippen LogP contribution < -0.4 is 5.30 Å². The van der Waals surface area contributed by atoms with E-state index < -0.39 is 7.14 Å². The number of benzene rings is 6. The van der Waals surface area contributed by atoms with E-state index in [1.54, 1.807) is 0 Å². The van der Waals surface area contributed by atoms with Gasteiger partial charge in [-0.25, -0.2) is 4.98 Å². The lowest BCUT2D eigenvalue weighted by molar-refractivity contribution is 0.588. The van der Waals surface area contributed by atoms with Crippen molar-refractivity contribution in [1.29, 1.82) is 0 Å². The minimum absolute atomic E-state index is 0.906. The smallest absolute Gasteiger partial charge is 0.109 e. The molecule has 0 aliphatic rings. The number of fused-ring (bicyclic) bond motifs is 4. The topological polar surface area (TPSA) is 30.0 Å². The Labute approximate surface area is 234 Å². The molecule has 0 unspecified atom stereocenters. The molecule has 6 aromatic carbocycles. The molecular weight excluding hydrogens is 505 g/mol. The first-order valence-electron chi connectivity index (χ1n) is 13.5. The highest BCUT2D eigenvalue weighted by atomic mass is 31.2. The summed E-state index contributed by atoms with van der Waals surface area (Å²) in [6.45, 7) is 3.64. The minimum Gasteiger partial charge on any atom is -0.319 e. The number of hydrogen-bond acceptors (Lipinski definition) is 2. The Bertz CT molecular complexity index is 2090. The fourth-order valence-corrected chi connectivity index (χ4v) is 6.48. The molecule has 1 aromatic heterocycles. The van der Waals surface area contributed by atoms with E-state index in [4.69, 9.17) is 4.98 Å². The molecule has 0 saturated carbocycles. The number of nitrogens with zero attached hydrogens (tertiary/aromatic N) is 1. The van der Waals surface area contributed by atoms with E-state index in [1.807, 2.05) is 31.5 Å². The lowest BCUT2D eigenvalue weighted by atomic mass is 9.93. The molecule has 1 heterocycles. The zero-order chi connectivity index (χ0) is 27.3. The highest BCUT2D eigenvalue weighted by Crippen LogP contribution is 2.38. The van der Waals surface area contributed by atoms with Crippen molar-refractivity contribution in [3.8, 4) is 33.4 Å². The molecule has 0 bridgehead atoms. The van der Waals surface area contributed by atoms with E-state index in [0.29, 0.717) is 0 Å². The second-order valence-electron chi connectivity index (χ2n) is 10.8. The van der Waals surface area contributed by atoms with Crippen LogP contribution in [0.25, 0.3) is 66.0 Å². The van der Waals surface area contributed by atoms with Gasteiger partial charge >= 0.3 is 0 Å². The van der Waals surface area contributed by atoms with Gasteiger partial charge in [-0.2, -0.15) is 0 Å². The number of aromatic nitrogens is 1. The van der Waals surface area contributed by atoms with Gasteiger partial charge in [0.05, 0.1) is 11.0 Å². The Morgan fingerprint density at radius 1 is 0.475 bits per heavy atom. The highest BCUT2D eigenvalue weighted by molar-refractivity contribution is 7.70. The minimum atomic E-state index is -2.32. The summed E-state index contributed by atoms with van der Waals surface area (Å²) >= 11 is 0. The molecule has 40 heavy (non-hydrogen) atoms. The second kappa shape index (κ2) is 9.59. The van der Waals surface area contributed by atoms with Crippen molar-refractivity contribution in [3.63, 3.8) is 0 Å². The van der Waals surface area contributed by atoms with Gasteiger partial charge in [-0.15, -0.1) is 0 Å². The Balaban J connectivity index is 1.36. The van der Waals surface area contributed by atoms with Crippen LogP contribution in [0.4, 0.5) is 0 Å². The average molecular weight is 534 g/mol. The standard InChI is InChI=1S/C37H28NOP/c1-40(2,39)31-12-8-11-28(21-31)26-15-17-27(18-16-26)34-24-37-35(33-14-7-6-13-32(33)34)22-30-20-19-29(23-36(30)38-37)25-9-4-3-5-10-25/h3-24H,1-2H3. The van der Waals surface area contributed by atoms with Crippen LogP contribution in [0.15, 0.2) is 133 Å². The van der Waals surface area contributed by atoms with Gasteiger partial charge < -0.3 is 4.57 Å². The third-order valence-electron chi connectivity index (χ3n) is 7.74. The van der Waals surface area contributed by atoms with Crippen LogP contribution in [-0.4, -0.2) is 18.3 Å². The maximum absolute atomic E-state index is 12.6. The Kier molecular flexibility index (Phi) is 5.88. The van der Waals surface area contributed by atoms with E-state index in [2.05, 4.69) is 115 Å². The van der Waals surface area contributed by atoms with Crippen LogP contribution in [0.5, 0.6) is 0 Å². The van der Waals surface area contributed by atoms with Crippen LogP contribution in [0.2, 0.25) is 0 Å². The Morgan fingerprint density at radius 2 is 1.10 bits per heavy atom. The molecule has 3 heteroatoms. The molecule has 0 saturated heterocycles. The molecule has 0 fully saturated rings. The monoisotopic (exact) mass is 533 g/mol. The summed E-state index contributed by atoms with van der Waals surface area (Å²) in [6, 6.07) is 46.9. The average Bonchev–Trinajstić information content (AvgIpc) is 3.00. The van der Waals surface area contributed by atoms with Crippen molar-refractivity contribution in [2.75, 3.05) is 13.3 Å². The highest BCUT2D eigenvalue weighted by Gasteiger charge is 2.14. The summed E-state index contributed by atoms with van der Waals surface area (Å²) in [5, 5.41) is 5.62. The van der Waals surface area contributed by atoms with E-state index in [1.165, 1.54) is 27.5 Å². The fourth-order valence-electron chi connectivity index (χ4n) is 5.59. The van der Waals surface area contributed by atoms with E-state index >= 15 is 0 Å². The molecule has 0 radical (unpaired) electrons. The second-order valence-corrected chi connectivity index (χ2v) is 14.0. The van der Waals surface area contributed by atoms with Gasteiger partial charge in [0.15, 0.2) is 0 Å². The van der Waals surface area contributed by atoms with Gasteiger partial charge in [0.25, 0.3) is 0 Å². The number of hydrogen-bond donors (Lipinski definition) is 0. The lowest BCUT2D eigenvalue weighted by Gasteiger charge is -2.13. The largest absolute Gasteiger partial charge is 0.319 e. The van der Waals surface area contributed by atoms with Gasteiger partial charge in [-0.1, -0.05) is 109 Å². The quantitative estimate of drug-likeness (QED) is 0.128. The van der Waals surface area contributed by atoms with Gasteiger partial charge in [0.1, 0.15) is 7.14 Å². The van der Waals surface area contributed by atoms with Crippen LogP contribution in [0, 0.1) is 0 Å². The van der Waals surface area contributed by atoms with Crippen LogP contribution >= 0.6 is 7.14 Å². The first-order valence-corrected chi connectivity index (χ1v) is 16.1. The van der Waals surface area contributed by atoms with Crippen LogP contribution in [-0.2, 0) is 4.57 Å². The first kappa shape index (κ1) is 24.5. The third kappa shape index (κ3) is 4.41. The van der Waals surface area contributed by atoms with Crippen LogP contribution in [0.1, 0.15) is 0 Å². The summed E-state index contributed by atoms with van der Waals surface area (Å²) in [7, 11) is -2.32.